The van der Waals surface area contributed by atoms with E-state index < -0.39 is 33.1 Å². The maximum absolute atomic E-state index is 13.0. The van der Waals surface area contributed by atoms with E-state index in [0.29, 0.717) is 19.3 Å². The Kier molecular flexibility index (Phi) is 59.2. The molecule has 0 radical (unpaired) electrons. The summed E-state index contributed by atoms with van der Waals surface area (Å²) in [5.41, 5.74) is 2.53. The lowest BCUT2D eigenvalue weighted by molar-refractivity contribution is -0.148. The monoisotopic (exact) mass is 1360 g/mol. The minimum absolute atomic E-state index is 0.242. The van der Waals surface area contributed by atoms with Crippen molar-refractivity contribution in [2.75, 3.05) is 0 Å². The van der Waals surface area contributed by atoms with E-state index in [2.05, 4.69) is 0 Å². The van der Waals surface area contributed by atoms with Gasteiger partial charge in [-0.15, -0.1) is 0 Å². The number of hydrogen-bond donors (Lipinski definition) is 0. The zero-order valence-corrected chi connectivity index (χ0v) is 63.1. The number of carbonyl (C=O) groups is 6. The summed E-state index contributed by atoms with van der Waals surface area (Å²) in [6.45, 7) is 0. The van der Waals surface area contributed by atoms with E-state index in [1.165, 1.54) is 270 Å². The van der Waals surface area contributed by atoms with Crippen LogP contribution in [0.2, 0.25) is 0 Å². The molecule has 0 aliphatic rings. The molecule has 0 saturated carbocycles. The largest absolute Gasteiger partial charge is 1.20 e. The van der Waals surface area contributed by atoms with Crippen molar-refractivity contribution in [2.24, 2.45) is 0 Å². The Bertz CT molecular complexity index is 2050. The van der Waals surface area contributed by atoms with Gasteiger partial charge in [-0.1, -0.05) is 418 Å². The minimum atomic E-state index is -3.31. The van der Waals surface area contributed by atoms with Crippen LogP contribution < -0.4 is 0 Å². The van der Waals surface area contributed by atoms with E-state index in [0.717, 1.165) is 113 Å². The van der Waals surface area contributed by atoms with Crippen molar-refractivity contribution in [3.05, 3.63) is 108 Å². The van der Waals surface area contributed by atoms with E-state index in [4.69, 9.17) is 11.4 Å². The molecule has 0 bridgehead atoms. The first-order valence-electron chi connectivity index (χ1n) is 41.1. The molecule has 10 heteroatoms. The van der Waals surface area contributed by atoms with Gasteiger partial charge >= 0.3 is 15.1 Å². The second-order valence-corrected chi connectivity index (χ2v) is 30.1. The van der Waals surface area contributed by atoms with Crippen molar-refractivity contribution in [1.82, 2.24) is 0 Å². The molecule has 0 fully saturated rings. The van der Waals surface area contributed by atoms with Crippen LogP contribution in [-0.4, -0.2) is 50.4 Å². The highest BCUT2D eigenvalue weighted by molar-refractivity contribution is 6.44. The van der Waals surface area contributed by atoms with E-state index in [1.54, 1.807) is 0 Å². The van der Waals surface area contributed by atoms with Crippen LogP contribution in [0.4, 0.5) is 0 Å². The van der Waals surface area contributed by atoms with Gasteiger partial charge in [0.15, 0.2) is 17.3 Å². The molecule has 97 heavy (non-hydrogen) atoms. The number of benzene rings is 3. The first-order valence-corrected chi connectivity index (χ1v) is 42.6. The van der Waals surface area contributed by atoms with Gasteiger partial charge < -0.3 is 11.4 Å². The third-order valence-corrected chi connectivity index (χ3v) is 21.2. The molecule has 0 aliphatic heterocycles. The number of rotatable bonds is 72. The predicted molar refractivity (Wildman–Crippen MR) is 407 cm³/mol. The van der Waals surface area contributed by atoms with Gasteiger partial charge in [0, 0.05) is 55.2 Å². The maximum atomic E-state index is 13.0. The highest BCUT2D eigenvalue weighted by Crippen LogP contribution is 2.21. The standard InChI is InChI=1S/3C29H48O3.Al/c3*30-28(27-23-19-18-20-24-27)25-21-16-14-12-10-8-6-4-2-1-3-5-7-9-11-13-15-17-22-26-29(31)32;/h3*18-20,23-24H,1-17,21-22,25-26H2,(H,31,32);/q;;;+3/p-3. The molecule has 0 spiro atoms. The molecule has 0 N–H and O–H groups in total. The highest BCUT2D eigenvalue weighted by Gasteiger charge is 2.48. The van der Waals surface area contributed by atoms with E-state index in [9.17, 15) is 28.8 Å². The van der Waals surface area contributed by atoms with Crippen molar-refractivity contribution in [3.8, 4) is 0 Å². The van der Waals surface area contributed by atoms with Gasteiger partial charge in [0.1, 0.15) is 0 Å². The summed E-state index contributed by atoms with van der Waals surface area (Å²) in [6, 6.07) is 29.0. The Morgan fingerprint density at radius 3 is 0.443 bits per heavy atom. The topological polar surface area (TPSA) is 130 Å². The molecule has 0 heterocycles. The second kappa shape index (κ2) is 66.2. The summed E-state index contributed by atoms with van der Waals surface area (Å²) < 4.78 is 17.0. The Balaban J connectivity index is 1.15. The van der Waals surface area contributed by atoms with Crippen LogP contribution in [0.5, 0.6) is 0 Å². The maximum Gasteiger partial charge on any atom is 1.20 e. The van der Waals surface area contributed by atoms with Crippen LogP contribution in [0.3, 0.4) is 0 Å². The summed E-state index contributed by atoms with van der Waals surface area (Å²) in [7, 11) is 0. The van der Waals surface area contributed by atoms with E-state index >= 15 is 0 Å². The molecule has 3 aromatic rings. The highest BCUT2D eigenvalue weighted by atomic mass is 27.3. The van der Waals surface area contributed by atoms with E-state index in [-0.39, 0.29) is 36.6 Å². The number of hydrogen-bond acceptors (Lipinski definition) is 9. The molecule has 0 aromatic heterocycles. The summed E-state index contributed by atoms with van der Waals surface area (Å²) in [5.74, 6) is -0.477. The third kappa shape index (κ3) is 55.0. The number of ketones is 3. The van der Waals surface area contributed by atoms with Crippen molar-refractivity contribution >= 4 is 50.4 Å². The fraction of sp³-hybridized carbons (Fsp3) is 0.724. The van der Waals surface area contributed by atoms with Crippen molar-refractivity contribution in [2.45, 2.75) is 405 Å². The Morgan fingerprint density at radius 1 is 0.175 bits per heavy atom. The quantitative estimate of drug-likeness (QED) is 0.0308. The summed E-state index contributed by atoms with van der Waals surface area (Å²) in [6.07, 6.45) is 72.1. The first-order chi connectivity index (χ1) is 47.8. The number of Topliss-reactive ketones (excluding diaryl/α,β-unsaturated/α-hetero) is 3. The normalized spacial score (nSPS) is 11.3. The smallest absolute Gasteiger partial charge is 0.551 e. The summed E-state index contributed by atoms with van der Waals surface area (Å²) in [5, 5.41) is 0. The second-order valence-electron chi connectivity index (χ2n) is 28.8. The van der Waals surface area contributed by atoms with Crippen LogP contribution in [-0.2, 0) is 25.7 Å². The lowest BCUT2D eigenvalue weighted by Crippen LogP contribution is -2.34. The van der Waals surface area contributed by atoms with Gasteiger partial charge in [-0.3, -0.25) is 28.8 Å². The van der Waals surface area contributed by atoms with E-state index in [1.807, 2.05) is 91.0 Å². The molecule has 0 unspecified atom stereocenters. The van der Waals surface area contributed by atoms with Crippen molar-refractivity contribution in [3.63, 3.8) is 0 Å². The molecule has 0 amide bonds. The third-order valence-electron chi connectivity index (χ3n) is 19.8. The number of carbonyl (C=O) groups excluding carboxylic acids is 6. The fourth-order valence-electron chi connectivity index (χ4n) is 13.6. The molecule has 9 nitrogen and oxygen atoms in total. The SMILES string of the molecule is O=C(CCCCCCCCCCCCCCCCCCCCCC(=O)c1ccccc1)[O][Al]([O]C(=O)CCCCCCCCCCCCCCCCCCCCCC(=O)c1ccccc1)[O]C(=O)CCCCCCCCCCCCCCCCCCCCCC(=O)c1ccccc1. The Hall–Kier alpha value is -4.39. The van der Waals surface area contributed by atoms with Crippen LogP contribution in [0.25, 0.3) is 0 Å². The molecule has 0 aliphatic carbocycles. The van der Waals surface area contributed by atoms with Crippen LogP contribution in [0.1, 0.15) is 436 Å². The predicted octanol–water partition coefficient (Wildman–Crippen LogP) is 26.8. The van der Waals surface area contributed by atoms with Crippen LogP contribution in [0, 0.1) is 0 Å². The van der Waals surface area contributed by atoms with Crippen LogP contribution >= 0.6 is 0 Å². The van der Waals surface area contributed by atoms with Gasteiger partial charge in [0.2, 0.25) is 0 Å². The lowest BCUT2D eigenvalue weighted by Gasteiger charge is -2.14. The minimum Gasteiger partial charge on any atom is -0.551 e. The Labute approximate surface area is 599 Å². The van der Waals surface area contributed by atoms with Crippen molar-refractivity contribution in [1.29, 1.82) is 0 Å². The molecular weight excluding hydrogens is 1220 g/mol. The molecule has 3 rings (SSSR count). The summed E-state index contributed by atoms with van der Waals surface area (Å²) >= 11 is -3.31. The molecule has 3 aromatic carbocycles. The average molecular weight is 1360 g/mol. The first kappa shape index (κ1) is 86.8. The zero-order chi connectivity index (χ0) is 69.0. The molecule has 0 atom stereocenters. The lowest BCUT2D eigenvalue weighted by atomic mass is 10.0. The van der Waals surface area contributed by atoms with Gasteiger partial charge in [-0.2, -0.15) is 0 Å². The van der Waals surface area contributed by atoms with Crippen LogP contribution in [0.15, 0.2) is 91.0 Å². The zero-order valence-electron chi connectivity index (χ0n) is 62.0. The fourth-order valence-corrected chi connectivity index (χ4v) is 14.7. The van der Waals surface area contributed by atoms with Crippen molar-refractivity contribution < 1.29 is 40.1 Å². The van der Waals surface area contributed by atoms with Gasteiger partial charge in [-0.25, -0.2) is 0 Å². The van der Waals surface area contributed by atoms with Gasteiger partial charge in [-0.05, 0) is 38.5 Å². The Morgan fingerprint density at radius 2 is 0.299 bits per heavy atom. The molecular formula is C87H141AlO9. The van der Waals surface area contributed by atoms with Gasteiger partial charge in [0.25, 0.3) is 17.9 Å². The van der Waals surface area contributed by atoms with Gasteiger partial charge in [0.05, 0.1) is 0 Å². The molecule has 0 saturated heterocycles. The number of unbranched alkanes of at least 4 members (excludes halogenated alkanes) is 54. The molecule has 546 valence electrons. The average Bonchev–Trinajstić information content (AvgIpc) is 3.40. The summed E-state index contributed by atoms with van der Waals surface area (Å²) in [4.78, 5) is 75.9.